The van der Waals surface area contributed by atoms with Gasteiger partial charge in [0.2, 0.25) is 5.88 Å². The van der Waals surface area contributed by atoms with Crippen molar-refractivity contribution in [3.8, 4) is 5.88 Å². The van der Waals surface area contributed by atoms with E-state index >= 15 is 0 Å². The number of rotatable bonds is 5. The van der Waals surface area contributed by atoms with E-state index in [1.165, 1.54) is 7.11 Å². The van der Waals surface area contributed by atoms with E-state index in [1.54, 1.807) is 6.20 Å². The average molecular weight is 303 g/mol. The van der Waals surface area contributed by atoms with E-state index in [1.807, 2.05) is 32.9 Å². The van der Waals surface area contributed by atoms with Crippen molar-refractivity contribution in [1.29, 1.82) is 0 Å². The lowest BCUT2D eigenvalue weighted by atomic mass is 10.2. The highest BCUT2D eigenvalue weighted by atomic mass is 16.5. The van der Waals surface area contributed by atoms with Crippen molar-refractivity contribution >= 4 is 11.7 Å². The van der Waals surface area contributed by atoms with E-state index in [2.05, 4.69) is 25.8 Å². The molecule has 0 aromatic carbocycles. The van der Waals surface area contributed by atoms with Gasteiger partial charge in [-0.25, -0.2) is 9.78 Å². The van der Waals surface area contributed by atoms with Crippen LogP contribution in [0.2, 0.25) is 0 Å². The first-order valence-electron chi connectivity index (χ1n) is 7.07. The van der Waals surface area contributed by atoms with Crippen molar-refractivity contribution < 1.29 is 9.53 Å². The number of H-pyrrole nitrogens is 1. The molecule has 0 aliphatic heterocycles. The molecule has 3 N–H and O–H groups in total. The number of nitrogens with one attached hydrogen (secondary N) is 3. The van der Waals surface area contributed by atoms with Crippen molar-refractivity contribution in [3.63, 3.8) is 0 Å². The summed E-state index contributed by atoms with van der Waals surface area (Å²) in [6.45, 7) is 5.77. The number of pyridine rings is 1. The van der Waals surface area contributed by atoms with E-state index in [0.717, 1.165) is 17.0 Å². The molecule has 0 aliphatic carbocycles. The van der Waals surface area contributed by atoms with Crippen LogP contribution in [0, 0.1) is 13.8 Å². The Morgan fingerprint density at radius 1 is 1.41 bits per heavy atom. The molecule has 0 aliphatic rings. The number of hydrogen-bond acceptors (Lipinski definition) is 4. The fourth-order valence-electron chi connectivity index (χ4n) is 2.13. The number of amides is 2. The second-order valence-corrected chi connectivity index (χ2v) is 5.32. The molecule has 2 aromatic heterocycles. The third kappa shape index (κ3) is 4.21. The lowest BCUT2D eigenvalue weighted by Crippen LogP contribution is -2.37. The van der Waals surface area contributed by atoms with Gasteiger partial charge in [0, 0.05) is 24.4 Å². The molecule has 7 nitrogen and oxygen atoms in total. The van der Waals surface area contributed by atoms with Crippen LogP contribution in [0.1, 0.15) is 23.9 Å². The predicted octanol–water partition coefficient (Wildman–Crippen LogP) is 2.18. The van der Waals surface area contributed by atoms with Gasteiger partial charge < -0.3 is 15.4 Å². The van der Waals surface area contributed by atoms with Gasteiger partial charge in [-0.2, -0.15) is 5.10 Å². The summed E-state index contributed by atoms with van der Waals surface area (Å²) in [5.41, 5.74) is 3.40. The summed E-state index contributed by atoms with van der Waals surface area (Å²) in [6, 6.07) is 3.42. The van der Waals surface area contributed by atoms with Crippen molar-refractivity contribution in [3.05, 3.63) is 35.3 Å². The second kappa shape index (κ2) is 6.93. The Morgan fingerprint density at radius 3 is 2.82 bits per heavy atom. The summed E-state index contributed by atoms with van der Waals surface area (Å²) in [5.74, 6) is 0.385. The van der Waals surface area contributed by atoms with E-state index in [0.29, 0.717) is 18.0 Å². The fraction of sp³-hybridized carbons (Fsp3) is 0.400. The second-order valence-electron chi connectivity index (χ2n) is 5.32. The quantitative estimate of drug-likeness (QED) is 0.789. The molecule has 2 heterocycles. The Labute approximate surface area is 129 Å². The predicted molar refractivity (Wildman–Crippen MR) is 84.2 cm³/mol. The van der Waals surface area contributed by atoms with Gasteiger partial charge in [0.15, 0.2) is 0 Å². The van der Waals surface area contributed by atoms with Crippen LogP contribution < -0.4 is 15.4 Å². The molecule has 1 atom stereocenters. The molecule has 0 saturated carbocycles. The van der Waals surface area contributed by atoms with Crippen LogP contribution in [0.25, 0.3) is 0 Å². The zero-order valence-corrected chi connectivity index (χ0v) is 13.2. The summed E-state index contributed by atoms with van der Waals surface area (Å²) in [5, 5.41) is 12.7. The number of aromatic nitrogens is 3. The molecule has 0 fully saturated rings. The number of hydrogen-bond donors (Lipinski definition) is 3. The molecule has 0 unspecified atom stereocenters. The highest BCUT2D eigenvalue weighted by Gasteiger charge is 2.12. The van der Waals surface area contributed by atoms with Crippen molar-refractivity contribution in [2.45, 2.75) is 33.2 Å². The highest BCUT2D eigenvalue weighted by Crippen LogP contribution is 2.21. The Bertz CT molecular complexity index is 653. The molecule has 2 rings (SSSR count). The van der Waals surface area contributed by atoms with Gasteiger partial charge in [-0.1, -0.05) is 0 Å². The normalized spacial score (nSPS) is 11.8. The third-order valence-corrected chi connectivity index (χ3v) is 3.08. The standard InChI is InChI=1S/C15H21N5O2/c1-9-5-13(14(22-4)16-8-9)18-15(21)17-10(2)6-12-7-11(3)19-20-12/h5,7-8,10H,6H2,1-4H3,(H,19,20)(H2,17,18,21)/t10-/m0/s1. The first-order chi connectivity index (χ1) is 10.5. The van der Waals surface area contributed by atoms with Gasteiger partial charge in [0.1, 0.15) is 5.69 Å². The summed E-state index contributed by atoms with van der Waals surface area (Å²) in [7, 11) is 1.52. The average Bonchev–Trinajstić information content (AvgIpc) is 2.83. The van der Waals surface area contributed by atoms with Crippen LogP contribution >= 0.6 is 0 Å². The zero-order chi connectivity index (χ0) is 16.1. The van der Waals surface area contributed by atoms with Gasteiger partial charge in [-0.3, -0.25) is 5.10 Å². The maximum absolute atomic E-state index is 12.1. The molecule has 2 amide bonds. The Hall–Kier alpha value is -2.57. The van der Waals surface area contributed by atoms with Crippen LogP contribution in [0.3, 0.4) is 0 Å². The number of methoxy groups -OCH3 is 1. The zero-order valence-electron chi connectivity index (χ0n) is 13.2. The van der Waals surface area contributed by atoms with Crippen molar-refractivity contribution in [2.75, 3.05) is 12.4 Å². The lowest BCUT2D eigenvalue weighted by molar-refractivity contribution is 0.249. The molecule has 0 spiro atoms. The van der Waals surface area contributed by atoms with Crippen LogP contribution in [0.5, 0.6) is 5.88 Å². The first kappa shape index (κ1) is 15.8. The Kier molecular flexibility index (Phi) is 4.98. The third-order valence-electron chi connectivity index (χ3n) is 3.08. The van der Waals surface area contributed by atoms with Gasteiger partial charge in [0.25, 0.3) is 0 Å². The summed E-state index contributed by atoms with van der Waals surface area (Å²) in [4.78, 5) is 16.2. The number of anilines is 1. The molecule has 2 aromatic rings. The molecule has 118 valence electrons. The molecule has 0 bridgehead atoms. The summed E-state index contributed by atoms with van der Waals surface area (Å²) in [6.07, 6.45) is 2.34. The highest BCUT2D eigenvalue weighted by molar-refractivity contribution is 5.90. The molecule has 0 saturated heterocycles. The molecule has 0 radical (unpaired) electrons. The number of aryl methyl sites for hydroxylation is 2. The topological polar surface area (TPSA) is 91.9 Å². The molecule has 22 heavy (non-hydrogen) atoms. The Balaban J connectivity index is 1.93. The SMILES string of the molecule is COc1ncc(C)cc1NC(=O)N[C@@H](C)Cc1cc(C)[nH]n1. The van der Waals surface area contributed by atoms with Crippen LogP contribution in [-0.4, -0.2) is 34.4 Å². The summed E-state index contributed by atoms with van der Waals surface area (Å²) >= 11 is 0. The number of carbonyl (C=O) groups is 1. The van der Waals surface area contributed by atoms with Crippen LogP contribution in [0.4, 0.5) is 10.5 Å². The number of carbonyl (C=O) groups excluding carboxylic acids is 1. The van der Waals surface area contributed by atoms with Crippen molar-refractivity contribution in [1.82, 2.24) is 20.5 Å². The lowest BCUT2D eigenvalue weighted by Gasteiger charge is -2.15. The Morgan fingerprint density at radius 2 is 2.18 bits per heavy atom. The monoisotopic (exact) mass is 303 g/mol. The van der Waals surface area contributed by atoms with Crippen molar-refractivity contribution in [2.24, 2.45) is 0 Å². The van der Waals surface area contributed by atoms with Gasteiger partial charge in [-0.05, 0) is 38.5 Å². The minimum Gasteiger partial charge on any atom is -0.480 e. The molecule has 7 heteroatoms. The molecular formula is C15H21N5O2. The first-order valence-corrected chi connectivity index (χ1v) is 7.07. The van der Waals surface area contributed by atoms with E-state index in [9.17, 15) is 4.79 Å². The van der Waals surface area contributed by atoms with Gasteiger partial charge in [-0.15, -0.1) is 0 Å². The van der Waals surface area contributed by atoms with Gasteiger partial charge in [0.05, 0.1) is 12.8 Å². The number of urea groups is 1. The van der Waals surface area contributed by atoms with Crippen LogP contribution in [-0.2, 0) is 6.42 Å². The van der Waals surface area contributed by atoms with Crippen LogP contribution in [0.15, 0.2) is 18.3 Å². The van der Waals surface area contributed by atoms with E-state index < -0.39 is 0 Å². The maximum Gasteiger partial charge on any atom is 0.319 e. The van der Waals surface area contributed by atoms with E-state index in [4.69, 9.17) is 4.74 Å². The summed E-state index contributed by atoms with van der Waals surface area (Å²) < 4.78 is 5.14. The minimum absolute atomic E-state index is 0.0496. The fourth-order valence-corrected chi connectivity index (χ4v) is 2.13. The maximum atomic E-state index is 12.1. The number of aromatic amines is 1. The number of nitrogens with zero attached hydrogens (tertiary/aromatic N) is 2. The minimum atomic E-state index is -0.301. The largest absolute Gasteiger partial charge is 0.480 e. The van der Waals surface area contributed by atoms with Gasteiger partial charge >= 0.3 is 6.03 Å². The smallest absolute Gasteiger partial charge is 0.319 e. The number of ether oxygens (including phenoxy) is 1. The molecular weight excluding hydrogens is 282 g/mol. The van der Waals surface area contributed by atoms with E-state index in [-0.39, 0.29) is 12.1 Å².